The highest BCUT2D eigenvalue weighted by Gasteiger charge is 2.33. The summed E-state index contributed by atoms with van der Waals surface area (Å²) in [6.07, 6.45) is 3.34. The molecule has 3 rings (SSSR count). The summed E-state index contributed by atoms with van der Waals surface area (Å²) in [4.78, 5) is 2.48. The zero-order valence-corrected chi connectivity index (χ0v) is 9.43. The van der Waals surface area contributed by atoms with E-state index in [1.54, 1.807) is 0 Å². The van der Waals surface area contributed by atoms with Crippen molar-refractivity contribution >= 4 is 5.69 Å². The van der Waals surface area contributed by atoms with Crippen LogP contribution >= 0.6 is 0 Å². The summed E-state index contributed by atoms with van der Waals surface area (Å²) in [6.45, 7) is 1.92. The number of nitrogens with two attached hydrogens (primary N) is 1. The summed E-state index contributed by atoms with van der Waals surface area (Å²) in [7, 11) is 0. The highest BCUT2D eigenvalue weighted by Crippen LogP contribution is 2.36. The zero-order chi connectivity index (χ0) is 11.0. The fraction of sp³-hybridized carbons (Fsp3) is 0.538. The van der Waals surface area contributed by atoms with Crippen molar-refractivity contribution in [2.45, 2.75) is 31.3 Å². The predicted octanol–water partition coefficient (Wildman–Crippen LogP) is 1.77. The average molecular weight is 218 g/mol. The SMILES string of the molecule is NC1CC(N2CCCOc3ccccc32)C1. The van der Waals surface area contributed by atoms with Gasteiger partial charge in [-0.25, -0.2) is 0 Å². The summed E-state index contributed by atoms with van der Waals surface area (Å²) in [5.74, 6) is 1.03. The Morgan fingerprint density at radius 2 is 2.06 bits per heavy atom. The first-order chi connectivity index (χ1) is 7.84. The van der Waals surface area contributed by atoms with Gasteiger partial charge in [-0.15, -0.1) is 0 Å². The van der Waals surface area contributed by atoms with Crippen LogP contribution in [0.1, 0.15) is 19.3 Å². The van der Waals surface area contributed by atoms with Gasteiger partial charge in [0.15, 0.2) is 0 Å². The third kappa shape index (κ3) is 1.65. The maximum atomic E-state index is 5.88. The average Bonchev–Trinajstić information content (AvgIpc) is 2.47. The second-order valence-corrected chi connectivity index (χ2v) is 4.75. The van der Waals surface area contributed by atoms with Crippen LogP contribution < -0.4 is 15.4 Å². The van der Waals surface area contributed by atoms with Crippen molar-refractivity contribution in [3.63, 3.8) is 0 Å². The summed E-state index contributed by atoms with van der Waals surface area (Å²) in [5.41, 5.74) is 7.12. The van der Waals surface area contributed by atoms with Gasteiger partial charge in [-0.3, -0.25) is 0 Å². The quantitative estimate of drug-likeness (QED) is 0.780. The first-order valence-electron chi connectivity index (χ1n) is 6.08. The molecule has 2 N–H and O–H groups in total. The molecule has 1 aliphatic heterocycles. The number of hydrogen-bond acceptors (Lipinski definition) is 3. The van der Waals surface area contributed by atoms with Crippen molar-refractivity contribution < 1.29 is 4.74 Å². The standard InChI is InChI=1S/C13H18N2O/c14-10-8-11(9-10)15-6-3-7-16-13-5-2-1-4-12(13)15/h1-2,4-5,10-11H,3,6-9,14H2. The van der Waals surface area contributed by atoms with E-state index in [1.165, 1.54) is 5.69 Å². The van der Waals surface area contributed by atoms with E-state index >= 15 is 0 Å². The van der Waals surface area contributed by atoms with Gasteiger partial charge in [-0.05, 0) is 31.4 Å². The molecule has 1 aliphatic carbocycles. The third-order valence-electron chi connectivity index (χ3n) is 3.57. The Hall–Kier alpha value is -1.22. The molecule has 2 aliphatic rings. The molecule has 3 nitrogen and oxygen atoms in total. The van der Waals surface area contributed by atoms with Gasteiger partial charge in [0.05, 0.1) is 12.3 Å². The second kappa shape index (κ2) is 3.98. The maximum Gasteiger partial charge on any atom is 0.142 e. The van der Waals surface area contributed by atoms with Crippen molar-refractivity contribution in [1.29, 1.82) is 0 Å². The van der Waals surface area contributed by atoms with E-state index in [-0.39, 0.29) is 0 Å². The number of para-hydroxylation sites is 2. The molecule has 0 bridgehead atoms. The van der Waals surface area contributed by atoms with Crippen LogP contribution in [0.4, 0.5) is 5.69 Å². The molecule has 86 valence electrons. The van der Waals surface area contributed by atoms with E-state index in [4.69, 9.17) is 10.5 Å². The lowest BCUT2D eigenvalue weighted by Crippen LogP contribution is -2.51. The molecule has 0 radical (unpaired) electrons. The molecule has 3 heteroatoms. The first kappa shape index (κ1) is 9.97. The van der Waals surface area contributed by atoms with E-state index < -0.39 is 0 Å². The van der Waals surface area contributed by atoms with Gasteiger partial charge < -0.3 is 15.4 Å². The van der Waals surface area contributed by atoms with Crippen molar-refractivity contribution in [1.82, 2.24) is 0 Å². The largest absolute Gasteiger partial charge is 0.491 e. The van der Waals surface area contributed by atoms with Crippen LogP contribution in [0.15, 0.2) is 24.3 Å². The molecule has 0 saturated heterocycles. The van der Waals surface area contributed by atoms with Crippen molar-refractivity contribution in [2.24, 2.45) is 5.73 Å². The van der Waals surface area contributed by atoms with Crippen LogP contribution in [0.5, 0.6) is 5.75 Å². The van der Waals surface area contributed by atoms with Crippen LogP contribution in [0.25, 0.3) is 0 Å². The summed E-state index contributed by atoms with van der Waals surface area (Å²) in [6, 6.07) is 9.37. The molecule has 1 saturated carbocycles. The van der Waals surface area contributed by atoms with Crippen molar-refractivity contribution in [2.75, 3.05) is 18.1 Å². The minimum Gasteiger partial charge on any atom is -0.491 e. The Morgan fingerprint density at radius 3 is 2.88 bits per heavy atom. The molecule has 0 aromatic heterocycles. The Balaban J connectivity index is 1.88. The molecule has 0 unspecified atom stereocenters. The number of benzene rings is 1. The van der Waals surface area contributed by atoms with Gasteiger partial charge in [0.25, 0.3) is 0 Å². The van der Waals surface area contributed by atoms with Crippen LogP contribution in [0.2, 0.25) is 0 Å². The minimum absolute atomic E-state index is 0.404. The smallest absolute Gasteiger partial charge is 0.142 e. The molecule has 1 heterocycles. The molecular formula is C13H18N2O. The minimum atomic E-state index is 0.404. The number of rotatable bonds is 1. The molecule has 1 aromatic rings. The summed E-state index contributed by atoms with van der Waals surface area (Å²) < 4.78 is 5.75. The number of anilines is 1. The first-order valence-corrected chi connectivity index (χ1v) is 6.08. The maximum absolute atomic E-state index is 5.88. The fourth-order valence-electron chi connectivity index (χ4n) is 2.62. The van der Waals surface area contributed by atoms with Gasteiger partial charge in [-0.1, -0.05) is 12.1 Å². The van der Waals surface area contributed by atoms with E-state index in [0.29, 0.717) is 12.1 Å². The normalized spacial score (nSPS) is 28.7. The number of ether oxygens (including phenoxy) is 1. The number of fused-ring (bicyclic) bond motifs is 1. The highest BCUT2D eigenvalue weighted by molar-refractivity contribution is 5.60. The van der Waals surface area contributed by atoms with Crippen LogP contribution in [-0.4, -0.2) is 25.2 Å². The van der Waals surface area contributed by atoms with Gasteiger partial charge in [0.1, 0.15) is 5.75 Å². The zero-order valence-electron chi connectivity index (χ0n) is 9.43. The lowest BCUT2D eigenvalue weighted by atomic mass is 9.86. The molecule has 1 aromatic carbocycles. The van der Waals surface area contributed by atoms with Crippen LogP contribution in [0, 0.1) is 0 Å². The van der Waals surface area contributed by atoms with Crippen molar-refractivity contribution in [3.05, 3.63) is 24.3 Å². The Kier molecular flexibility index (Phi) is 2.48. The molecule has 1 fully saturated rings. The second-order valence-electron chi connectivity index (χ2n) is 4.75. The Bertz CT molecular complexity index is 374. The third-order valence-corrected chi connectivity index (χ3v) is 3.57. The number of nitrogens with zero attached hydrogens (tertiary/aromatic N) is 1. The topological polar surface area (TPSA) is 38.5 Å². The van der Waals surface area contributed by atoms with Gasteiger partial charge >= 0.3 is 0 Å². The fourth-order valence-corrected chi connectivity index (χ4v) is 2.62. The molecule has 16 heavy (non-hydrogen) atoms. The van der Waals surface area contributed by atoms with Gasteiger partial charge in [0, 0.05) is 18.6 Å². The van der Waals surface area contributed by atoms with E-state index in [1.807, 2.05) is 6.07 Å². The predicted molar refractivity (Wildman–Crippen MR) is 64.9 cm³/mol. The molecule has 0 atom stereocenters. The van der Waals surface area contributed by atoms with E-state index in [0.717, 1.165) is 38.2 Å². The molecule has 0 amide bonds. The highest BCUT2D eigenvalue weighted by atomic mass is 16.5. The summed E-state index contributed by atoms with van der Waals surface area (Å²) in [5, 5.41) is 0. The van der Waals surface area contributed by atoms with Crippen LogP contribution in [-0.2, 0) is 0 Å². The Morgan fingerprint density at radius 1 is 1.25 bits per heavy atom. The summed E-state index contributed by atoms with van der Waals surface area (Å²) >= 11 is 0. The van der Waals surface area contributed by atoms with Crippen LogP contribution in [0.3, 0.4) is 0 Å². The van der Waals surface area contributed by atoms with E-state index in [2.05, 4.69) is 23.1 Å². The van der Waals surface area contributed by atoms with Gasteiger partial charge in [0.2, 0.25) is 0 Å². The monoisotopic (exact) mass is 218 g/mol. The van der Waals surface area contributed by atoms with Crippen molar-refractivity contribution in [3.8, 4) is 5.75 Å². The molecular weight excluding hydrogens is 200 g/mol. The van der Waals surface area contributed by atoms with Gasteiger partial charge in [-0.2, -0.15) is 0 Å². The van der Waals surface area contributed by atoms with E-state index in [9.17, 15) is 0 Å². The number of hydrogen-bond donors (Lipinski definition) is 1. The lowest BCUT2D eigenvalue weighted by Gasteiger charge is -2.42. The Labute approximate surface area is 96.2 Å². The lowest BCUT2D eigenvalue weighted by molar-refractivity contribution is 0.315. The molecule has 0 spiro atoms.